The molecule has 2 aromatic rings. The van der Waals surface area contributed by atoms with Gasteiger partial charge in [-0.05, 0) is 26.0 Å². The SMILES string of the molecule is Cc1ccn(-c2nccc(C)c2[N+](=O)[O-])n1. The van der Waals surface area contributed by atoms with Crippen molar-refractivity contribution in [2.75, 3.05) is 0 Å². The van der Waals surface area contributed by atoms with Gasteiger partial charge < -0.3 is 0 Å². The normalized spacial score (nSPS) is 10.4. The molecule has 0 N–H and O–H groups in total. The fraction of sp³-hybridized carbons (Fsp3) is 0.200. The fourth-order valence-corrected chi connectivity index (χ4v) is 1.46. The second-order valence-corrected chi connectivity index (χ2v) is 3.46. The number of pyridine rings is 1. The number of rotatable bonds is 2. The van der Waals surface area contributed by atoms with Gasteiger partial charge in [0.1, 0.15) is 0 Å². The van der Waals surface area contributed by atoms with E-state index in [0.29, 0.717) is 5.56 Å². The number of aromatic nitrogens is 3. The molecule has 0 aliphatic rings. The molecule has 0 aromatic carbocycles. The van der Waals surface area contributed by atoms with E-state index in [2.05, 4.69) is 10.1 Å². The zero-order chi connectivity index (χ0) is 11.7. The summed E-state index contributed by atoms with van der Waals surface area (Å²) in [5.41, 5.74) is 1.35. The van der Waals surface area contributed by atoms with Gasteiger partial charge in [-0.2, -0.15) is 5.10 Å². The first-order valence-corrected chi connectivity index (χ1v) is 4.72. The van der Waals surface area contributed by atoms with E-state index in [1.165, 1.54) is 10.9 Å². The van der Waals surface area contributed by atoms with Crippen LogP contribution in [0.5, 0.6) is 0 Å². The molecule has 6 nitrogen and oxygen atoms in total. The zero-order valence-corrected chi connectivity index (χ0v) is 8.91. The quantitative estimate of drug-likeness (QED) is 0.569. The van der Waals surface area contributed by atoms with Gasteiger partial charge in [-0.1, -0.05) is 0 Å². The minimum absolute atomic E-state index is 0.00870. The summed E-state index contributed by atoms with van der Waals surface area (Å²) in [6.07, 6.45) is 3.19. The van der Waals surface area contributed by atoms with Crippen LogP contribution in [0.1, 0.15) is 11.3 Å². The second-order valence-electron chi connectivity index (χ2n) is 3.46. The Kier molecular flexibility index (Phi) is 2.40. The molecule has 6 heteroatoms. The minimum Gasteiger partial charge on any atom is -0.258 e. The van der Waals surface area contributed by atoms with E-state index < -0.39 is 4.92 Å². The maximum atomic E-state index is 10.9. The molecule has 0 atom stereocenters. The zero-order valence-electron chi connectivity index (χ0n) is 8.91. The highest BCUT2D eigenvalue weighted by molar-refractivity contribution is 5.51. The van der Waals surface area contributed by atoms with Crippen molar-refractivity contribution in [1.82, 2.24) is 14.8 Å². The van der Waals surface area contributed by atoms with Crippen molar-refractivity contribution >= 4 is 5.69 Å². The maximum absolute atomic E-state index is 10.9. The molecule has 0 fully saturated rings. The molecule has 0 aliphatic carbocycles. The minimum atomic E-state index is -0.436. The van der Waals surface area contributed by atoms with Gasteiger partial charge in [-0.3, -0.25) is 10.1 Å². The summed E-state index contributed by atoms with van der Waals surface area (Å²) in [5, 5.41) is 15.1. The number of aryl methyl sites for hydroxylation is 2. The fourth-order valence-electron chi connectivity index (χ4n) is 1.46. The molecule has 0 saturated heterocycles. The molecule has 0 spiro atoms. The van der Waals surface area contributed by atoms with Crippen molar-refractivity contribution in [3.63, 3.8) is 0 Å². The summed E-state index contributed by atoms with van der Waals surface area (Å²) in [6.45, 7) is 3.50. The average molecular weight is 218 g/mol. The van der Waals surface area contributed by atoms with Crippen LogP contribution in [0.2, 0.25) is 0 Å². The topological polar surface area (TPSA) is 73.8 Å². The van der Waals surface area contributed by atoms with Gasteiger partial charge in [0.15, 0.2) is 0 Å². The predicted molar refractivity (Wildman–Crippen MR) is 57.5 cm³/mol. The molecule has 2 rings (SSSR count). The molecule has 16 heavy (non-hydrogen) atoms. The lowest BCUT2D eigenvalue weighted by atomic mass is 10.2. The van der Waals surface area contributed by atoms with Gasteiger partial charge in [0.05, 0.1) is 10.6 Å². The monoisotopic (exact) mass is 218 g/mol. The third-order valence-corrected chi connectivity index (χ3v) is 2.23. The smallest absolute Gasteiger partial charge is 0.258 e. The highest BCUT2D eigenvalue weighted by atomic mass is 16.6. The first-order valence-electron chi connectivity index (χ1n) is 4.72. The van der Waals surface area contributed by atoms with Crippen LogP contribution in [0, 0.1) is 24.0 Å². The lowest BCUT2D eigenvalue weighted by Gasteiger charge is -2.03. The van der Waals surface area contributed by atoms with Crippen molar-refractivity contribution in [1.29, 1.82) is 0 Å². The van der Waals surface area contributed by atoms with Crippen LogP contribution in [0.15, 0.2) is 24.5 Å². The molecule has 0 saturated carbocycles. The first kappa shape index (κ1) is 10.3. The Morgan fingerprint density at radius 1 is 1.38 bits per heavy atom. The van der Waals surface area contributed by atoms with E-state index in [1.54, 1.807) is 25.3 Å². The van der Waals surface area contributed by atoms with E-state index in [0.717, 1.165) is 5.69 Å². The van der Waals surface area contributed by atoms with Crippen LogP contribution in [-0.4, -0.2) is 19.7 Å². The number of nitro groups is 1. The lowest BCUT2D eigenvalue weighted by molar-refractivity contribution is -0.385. The molecule has 2 aromatic heterocycles. The molecule has 0 unspecified atom stereocenters. The first-order chi connectivity index (χ1) is 7.59. The third kappa shape index (κ3) is 1.65. The highest BCUT2D eigenvalue weighted by Crippen LogP contribution is 2.23. The summed E-state index contributed by atoms with van der Waals surface area (Å²) < 4.78 is 1.42. The van der Waals surface area contributed by atoms with Crippen molar-refractivity contribution in [3.8, 4) is 5.82 Å². The second kappa shape index (κ2) is 3.73. The van der Waals surface area contributed by atoms with Gasteiger partial charge in [-0.15, -0.1) is 0 Å². The Balaban J connectivity index is 2.65. The molecule has 0 radical (unpaired) electrons. The molecular weight excluding hydrogens is 208 g/mol. The van der Waals surface area contributed by atoms with Crippen molar-refractivity contribution in [2.45, 2.75) is 13.8 Å². The summed E-state index contributed by atoms with van der Waals surface area (Å²) in [5.74, 6) is 0.248. The molecule has 0 bridgehead atoms. The summed E-state index contributed by atoms with van der Waals surface area (Å²) in [4.78, 5) is 14.5. The van der Waals surface area contributed by atoms with Gasteiger partial charge in [-0.25, -0.2) is 9.67 Å². The van der Waals surface area contributed by atoms with Crippen LogP contribution >= 0.6 is 0 Å². The lowest BCUT2D eigenvalue weighted by Crippen LogP contribution is -2.05. The number of hydrogen-bond acceptors (Lipinski definition) is 4. The van der Waals surface area contributed by atoms with Gasteiger partial charge >= 0.3 is 5.69 Å². The van der Waals surface area contributed by atoms with E-state index in [4.69, 9.17) is 0 Å². The summed E-state index contributed by atoms with van der Waals surface area (Å²) in [6, 6.07) is 3.38. The average Bonchev–Trinajstić information content (AvgIpc) is 2.63. The Labute approximate surface area is 91.7 Å². The summed E-state index contributed by atoms with van der Waals surface area (Å²) in [7, 11) is 0. The van der Waals surface area contributed by atoms with Gasteiger partial charge in [0.25, 0.3) is 0 Å². The van der Waals surface area contributed by atoms with E-state index >= 15 is 0 Å². The Hall–Kier alpha value is -2.24. The number of nitrogens with zero attached hydrogens (tertiary/aromatic N) is 4. The Morgan fingerprint density at radius 3 is 2.69 bits per heavy atom. The van der Waals surface area contributed by atoms with Gasteiger partial charge in [0.2, 0.25) is 5.82 Å². The van der Waals surface area contributed by atoms with Crippen molar-refractivity contribution in [3.05, 3.63) is 45.9 Å². The molecular formula is C10H10N4O2. The van der Waals surface area contributed by atoms with Crippen molar-refractivity contribution in [2.24, 2.45) is 0 Å². The molecule has 82 valence electrons. The molecule has 0 amide bonds. The van der Waals surface area contributed by atoms with Crippen molar-refractivity contribution < 1.29 is 4.92 Å². The molecule has 0 aliphatic heterocycles. The largest absolute Gasteiger partial charge is 0.316 e. The maximum Gasteiger partial charge on any atom is 0.316 e. The Bertz CT molecular complexity index is 548. The van der Waals surface area contributed by atoms with Crippen LogP contribution in [0.25, 0.3) is 5.82 Å². The van der Waals surface area contributed by atoms with E-state index in [1.807, 2.05) is 6.92 Å². The highest BCUT2D eigenvalue weighted by Gasteiger charge is 2.20. The van der Waals surface area contributed by atoms with E-state index in [-0.39, 0.29) is 11.5 Å². The van der Waals surface area contributed by atoms with Crippen LogP contribution in [0.3, 0.4) is 0 Å². The van der Waals surface area contributed by atoms with Crippen LogP contribution in [-0.2, 0) is 0 Å². The third-order valence-electron chi connectivity index (χ3n) is 2.23. The number of hydrogen-bond donors (Lipinski definition) is 0. The van der Waals surface area contributed by atoms with Crippen LogP contribution < -0.4 is 0 Å². The Morgan fingerprint density at radius 2 is 2.12 bits per heavy atom. The molecule has 2 heterocycles. The summed E-state index contributed by atoms with van der Waals surface area (Å²) >= 11 is 0. The predicted octanol–water partition coefficient (Wildman–Crippen LogP) is 1.79. The van der Waals surface area contributed by atoms with E-state index in [9.17, 15) is 10.1 Å². The van der Waals surface area contributed by atoms with Gasteiger partial charge in [0, 0.05) is 18.0 Å². The standard InChI is InChI=1S/C10H10N4O2/c1-7-3-5-11-10(9(7)14(15)16)13-6-4-8(2)12-13/h3-6H,1-2H3. The van der Waals surface area contributed by atoms with Crippen LogP contribution in [0.4, 0.5) is 5.69 Å².